The summed E-state index contributed by atoms with van der Waals surface area (Å²) in [6.07, 6.45) is 0.971. The maximum absolute atomic E-state index is 6.24. The third-order valence-corrected chi connectivity index (χ3v) is 6.18. The van der Waals surface area contributed by atoms with E-state index < -0.39 is 0 Å². The van der Waals surface area contributed by atoms with Crippen molar-refractivity contribution >= 4 is 11.0 Å². The number of fused-ring (bicyclic) bond motifs is 2. The Labute approximate surface area is 188 Å². The highest BCUT2D eigenvalue weighted by Gasteiger charge is 2.22. The van der Waals surface area contributed by atoms with E-state index >= 15 is 0 Å². The Morgan fingerprint density at radius 3 is 2.31 bits per heavy atom. The minimum absolute atomic E-state index is 0.774. The normalized spacial score (nSPS) is 13.7. The van der Waals surface area contributed by atoms with Gasteiger partial charge in [0, 0.05) is 36.1 Å². The van der Waals surface area contributed by atoms with Crippen LogP contribution in [0.3, 0.4) is 0 Å². The van der Waals surface area contributed by atoms with Crippen LogP contribution in [-0.2, 0) is 19.5 Å². The van der Waals surface area contributed by atoms with Crippen LogP contribution in [0.5, 0.6) is 17.2 Å². The molecule has 164 valence electrons. The van der Waals surface area contributed by atoms with E-state index in [1.165, 1.54) is 11.1 Å². The summed E-state index contributed by atoms with van der Waals surface area (Å²) in [7, 11) is 5.07. The van der Waals surface area contributed by atoms with Crippen molar-refractivity contribution in [1.29, 1.82) is 0 Å². The zero-order valence-electron chi connectivity index (χ0n) is 18.7. The summed E-state index contributed by atoms with van der Waals surface area (Å²) in [5.41, 5.74) is 5.58. The molecule has 1 aromatic heterocycles. The van der Waals surface area contributed by atoms with Gasteiger partial charge in [0.05, 0.1) is 21.3 Å². The average molecular weight is 430 g/mol. The van der Waals surface area contributed by atoms with E-state index in [4.69, 9.17) is 18.6 Å². The molecule has 0 saturated carbocycles. The fourth-order valence-electron chi connectivity index (χ4n) is 4.53. The molecule has 0 unspecified atom stereocenters. The molecule has 2 heterocycles. The lowest BCUT2D eigenvalue weighted by molar-refractivity contribution is 0.240. The molecule has 0 bridgehead atoms. The van der Waals surface area contributed by atoms with Gasteiger partial charge in [-0.25, -0.2) is 0 Å². The minimum atomic E-state index is 0.774. The molecule has 0 fully saturated rings. The number of benzene rings is 3. The van der Waals surface area contributed by atoms with Crippen LogP contribution in [0.2, 0.25) is 0 Å². The van der Waals surface area contributed by atoms with Gasteiger partial charge in [-0.2, -0.15) is 0 Å². The fourth-order valence-corrected chi connectivity index (χ4v) is 4.53. The predicted molar refractivity (Wildman–Crippen MR) is 126 cm³/mol. The smallest absolute Gasteiger partial charge is 0.176 e. The van der Waals surface area contributed by atoms with Crippen LogP contribution in [0.15, 0.2) is 65.1 Å². The van der Waals surface area contributed by atoms with Crippen molar-refractivity contribution in [3.05, 3.63) is 77.4 Å². The minimum Gasteiger partial charge on any atom is -0.493 e. The lowest BCUT2D eigenvalue weighted by Gasteiger charge is -2.30. The molecule has 5 heteroatoms. The Morgan fingerprint density at radius 1 is 0.844 bits per heavy atom. The van der Waals surface area contributed by atoms with E-state index in [-0.39, 0.29) is 0 Å². The van der Waals surface area contributed by atoms with Crippen molar-refractivity contribution in [2.45, 2.75) is 19.5 Å². The van der Waals surface area contributed by atoms with Gasteiger partial charge in [-0.3, -0.25) is 4.90 Å². The number of rotatable bonds is 6. The van der Waals surface area contributed by atoms with Crippen molar-refractivity contribution in [3.8, 4) is 28.6 Å². The van der Waals surface area contributed by atoms with Gasteiger partial charge in [0.15, 0.2) is 22.8 Å². The van der Waals surface area contributed by atoms with Crippen LogP contribution in [0.25, 0.3) is 22.3 Å². The Hall–Kier alpha value is -3.44. The summed E-state index contributed by atoms with van der Waals surface area (Å²) in [4.78, 5) is 2.43. The van der Waals surface area contributed by atoms with Crippen molar-refractivity contribution in [3.63, 3.8) is 0 Å². The highest BCUT2D eigenvalue weighted by molar-refractivity contribution is 5.88. The molecule has 0 amide bonds. The summed E-state index contributed by atoms with van der Waals surface area (Å²) in [6.45, 7) is 2.61. The van der Waals surface area contributed by atoms with Gasteiger partial charge in [-0.15, -0.1) is 0 Å². The molecule has 4 aromatic rings. The highest BCUT2D eigenvalue weighted by atomic mass is 16.5. The van der Waals surface area contributed by atoms with Gasteiger partial charge in [0.2, 0.25) is 0 Å². The first-order valence-electron chi connectivity index (χ1n) is 10.8. The standard InChI is InChI=1S/C27H27NO4/c1-29-24-13-19-11-12-28(17-22(19)15-25(24)30-2)16-21-10-9-20-14-23(18-7-5-4-6-8-18)32-27(20)26(21)31-3/h4-10,13-15H,11-12,16-17H2,1-3H3. The van der Waals surface area contributed by atoms with Gasteiger partial charge in [-0.05, 0) is 35.7 Å². The number of hydrogen-bond donors (Lipinski definition) is 0. The molecule has 32 heavy (non-hydrogen) atoms. The maximum Gasteiger partial charge on any atom is 0.176 e. The first-order chi connectivity index (χ1) is 15.7. The highest BCUT2D eigenvalue weighted by Crippen LogP contribution is 2.38. The van der Waals surface area contributed by atoms with Crippen molar-refractivity contribution in [2.24, 2.45) is 0 Å². The Kier molecular flexibility index (Phi) is 5.50. The molecule has 0 aliphatic carbocycles. The molecule has 3 aromatic carbocycles. The zero-order chi connectivity index (χ0) is 22.1. The van der Waals surface area contributed by atoms with E-state index in [9.17, 15) is 0 Å². The third-order valence-electron chi connectivity index (χ3n) is 6.18. The van der Waals surface area contributed by atoms with Crippen LogP contribution in [-0.4, -0.2) is 32.8 Å². The second-order valence-corrected chi connectivity index (χ2v) is 8.09. The molecule has 5 rings (SSSR count). The van der Waals surface area contributed by atoms with E-state index in [0.29, 0.717) is 0 Å². The average Bonchev–Trinajstić information content (AvgIpc) is 3.28. The van der Waals surface area contributed by atoms with Gasteiger partial charge >= 0.3 is 0 Å². The van der Waals surface area contributed by atoms with Crippen LogP contribution < -0.4 is 14.2 Å². The Bertz CT molecular complexity index is 1250. The molecular weight excluding hydrogens is 402 g/mol. The van der Waals surface area contributed by atoms with Crippen LogP contribution in [0, 0.1) is 0 Å². The first-order valence-corrected chi connectivity index (χ1v) is 10.8. The van der Waals surface area contributed by atoms with Crippen molar-refractivity contribution in [2.75, 3.05) is 27.9 Å². The third kappa shape index (κ3) is 3.69. The molecule has 0 radical (unpaired) electrons. The van der Waals surface area contributed by atoms with Crippen molar-refractivity contribution < 1.29 is 18.6 Å². The summed E-state index contributed by atoms with van der Waals surface area (Å²) < 4.78 is 23.0. The lowest BCUT2D eigenvalue weighted by Crippen LogP contribution is -2.30. The molecule has 0 saturated heterocycles. The largest absolute Gasteiger partial charge is 0.493 e. The molecule has 0 atom stereocenters. The summed E-state index contributed by atoms with van der Waals surface area (Å²) in [6, 6.07) is 20.7. The SMILES string of the molecule is COc1cc2c(cc1OC)CN(Cc1ccc3cc(-c4ccccc4)oc3c1OC)CC2. The van der Waals surface area contributed by atoms with E-state index in [1.807, 2.05) is 18.2 Å². The molecule has 1 aliphatic heterocycles. The van der Waals surface area contributed by atoms with Crippen LogP contribution in [0.1, 0.15) is 16.7 Å². The second kappa shape index (κ2) is 8.60. The number of furan rings is 1. The van der Waals surface area contributed by atoms with Gasteiger partial charge in [0.25, 0.3) is 0 Å². The van der Waals surface area contributed by atoms with Crippen molar-refractivity contribution in [1.82, 2.24) is 4.90 Å². The summed E-state index contributed by atoms with van der Waals surface area (Å²) >= 11 is 0. The molecule has 0 N–H and O–H groups in total. The first kappa shape index (κ1) is 20.5. The molecule has 1 aliphatic rings. The lowest BCUT2D eigenvalue weighted by atomic mass is 9.98. The summed E-state index contributed by atoms with van der Waals surface area (Å²) in [5.74, 6) is 3.22. The molecule has 5 nitrogen and oxygen atoms in total. The quantitative estimate of drug-likeness (QED) is 0.394. The number of ether oxygens (including phenoxy) is 3. The molecule has 0 spiro atoms. The number of nitrogens with zero attached hydrogens (tertiary/aromatic N) is 1. The molecular formula is C27H27NO4. The number of hydrogen-bond acceptors (Lipinski definition) is 5. The van der Waals surface area contributed by atoms with E-state index in [2.05, 4.69) is 47.4 Å². The predicted octanol–water partition coefficient (Wildman–Crippen LogP) is 5.68. The zero-order valence-corrected chi connectivity index (χ0v) is 18.7. The maximum atomic E-state index is 6.24. The van der Waals surface area contributed by atoms with Gasteiger partial charge in [-0.1, -0.05) is 42.5 Å². The van der Waals surface area contributed by atoms with Gasteiger partial charge < -0.3 is 18.6 Å². The van der Waals surface area contributed by atoms with Crippen LogP contribution in [0.4, 0.5) is 0 Å². The monoisotopic (exact) mass is 429 g/mol. The van der Waals surface area contributed by atoms with Crippen LogP contribution >= 0.6 is 0 Å². The topological polar surface area (TPSA) is 44.1 Å². The Morgan fingerprint density at radius 2 is 1.59 bits per heavy atom. The Balaban J connectivity index is 1.43. The second-order valence-electron chi connectivity index (χ2n) is 8.09. The summed E-state index contributed by atoms with van der Waals surface area (Å²) in [5, 5.41) is 1.05. The van der Waals surface area contributed by atoms with E-state index in [0.717, 1.165) is 71.2 Å². The number of methoxy groups -OCH3 is 3. The fraction of sp³-hybridized carbons (Fsp3) is 0.259. The van der Waals surface area contributed by atoms with E-state index in [1.54, 1.807) is 21.3 Å². The van der Waals surface area contributed by atoms with Gasteiger partial charge in [0.1, 0.15) is 5.76 Å².